The van der Waals surface area contributed by atoms with Crippen LogP contribution in [-0.2, 0) is 29.7 Å². The van der Waals surface area contributed by atoms with Gasteiger partial charge in [0.25, 0.3) is 15.8 Å². The molecule has 31 heavy (non-hydrogen) atoms. The minimum absolute atomic E-state index is 0.0412. The number of benzene rings is 1. The molecule has 2 aliphatic rings. The molecule has 2 aliphatic heterocycles. The van der Waals surface area contributed by atoms with Gasteiger partial charge >= 0.3 is 0 Å². The number of hydrogen-bond donors (Lipinski definition) is 1. The maximum atomic E-state index is 13.9. The van der Waals surface area contributed by atoms with E-state index in [0.29, 0.717) is 42.2 Å². The standard InChI is InChI=1S/C21H28FN5O3S/c1-25(2)31(29,30)27-12-9-19-17(14-27)21(28)24-20(23-19)15-7-10-26(11-8-15)13-16-5-3-4-6-18(16)22/h3-6,15H,7-14H2,1-2H3,(H,23,24,28). The molecule has 0 atom stereocenters. The Balaban J connectivity index is 1.44. The second-order valence-corrected chi connectivity index (χ2v) is 10.5. The van der Waals surface area contributed by atoms with E-state index in [-0.39, 0.29) is 23.8 Å². The van der Waals surface area contributed by atoms with Crippen molar-refractivity contribution in [2.75, 3.05) is 33.7 Å². The Kier molecular flexibility index (Phi) is 6.25. The number of fused-ring (bicyclic) bond motifs is 1. The van der Waals surface area contributed by atoms with Gasteiger partial charge in [0.1, 0.15) is 11.6 Å². The minimum atomic E-state index is -3.57. The van der Waals surface area contributed by atoms with E-state index in [1.807, 2.05) is 12.1 Å². The molecule has 0 amide bonds. The largest absolute Gasteiger partial charge is 0.310 e. The highest BCUT2D eigenvalue weighted by Gasteiger charge is 2.32. The smallest absolute Gasteiger partial charge is 0.281 e. The summed E-state index contributed by atoms with van der Waals surface area (Å²) in [7, 11) is -0.609. The van der Waals surface area contributed by atoms with E-state index in [4.69, 9.17) is 4.98 Å². The van der Waals surface area contributed by atoms with Gasteiger partial charge in [-0.3, -0.25) is 9.69 Å². The van der Waals surface area contributed by atoms with Gasteiger partial charge in [-0.05, 0) is 32.0 Å². The van der Waals surface area contributed by atoms with E-state index in [1.165, 1.54) is 24.5 Å². The fourth-order valence-electron chi connectivity index (χ4n) is 4.27. The van der Waals surface area contributed by atoms with Gasteiger partial charge in [-0.25, -0.2) is 9.37 Å². The molecule has 1 N–H and O–H groups in total. The first-order chi connectivity index (χ1) is 14.8. The van der Waals surface area contributed by atoms with Crippen LogP contribution in [0.2, 0.25) is 0 Å². The number of aromatic nitrogens is 2. The molecule has 0 bridgehead atoms. The number of rotatable bonds is 5. The Morgan fingerprint density at radius 1 is 1.19 bits per heavy atom. The lowest BCUT2D eigenvalue weighted by Crippen LogP contribution is -2.45. The van der Waals surface area contributed by atoms with Gasteiger partial charge in [0.2, 0.25) is 0 Å². The van der Waals surface area contributed by atoms with Crippen LogP contribution in [0.4, 0.5) is 4.39 Å². The molecule has 1 aromatic carbocycles. The zero-order valence-electron chi connectivity index (χ0n) is 17.8. The van der Waals surface area contributed by atoms with Crippen molar-refractivity contribution in [1.29, 1.82) is 0 Å². The lowest BCUT2D eigenvalue weighted by Gasteiger charge is -2.32. The van der Waals surface area contributed by atoms with Gasteiger partial charge in [0.05, 0.1) is 11.3 Å². The molecule has 0 unspecified atom stereocenters. The van der Waals surface area contributed by atoms with Gasteiger partial charge in [-0.15, -0.1) is 0 Å². The third kappa shape index (κ3) is 4.57. The monoisotopic (exact) mass is 449 g/mol. The topological polar surface area (TPSA) is 89.6 Å². The number of hydrogen-bond acceptors (Lipinski definition) is 5. The molecule has 1 saturated heterocycles. The summed E-state index contributed by atoms with van der Waals surface area (Å²) in [5.74, 6) is 0.632. The minimum Gasteiger partial charge on any atom is -0.310 e. The number of nitrogens with one attached hydrogen (secondary N) is 1. The van der Waals surface area contributed by atoms with Gasteiger partial charge in [0.15, 0.2) is 0 Å². The Morgan fingerprint density at radius 3 is 2.58 bits per heavy atom. The van der Waals surface area contributed by atoms with Crippen molar-refractivity contribution < 1.29 is 12.8 Å². The normalized spacial score (nSPS) is 19.0. The number of likely N-dealkylation sites (tertiary alicyclic amines) is 1. The number of piperidine rings is 1. The van der Waals surface area contributed by atoms with Crippen molar-refractivity contribution in [2.45, 2.75) is 38.3 Å². The maximum Gasteiger partial charge on any atom is 0.281 e. The highest BCUT2D eigenvalue weighted by molar-refractivity contribution is 7.86. The van der Waals surface area contributed by atoms with Crippen LogP contribution in [0.1, 0.15) is 41.4 Å². The molecule has 8 nitrogen and oxygen atoms in total. The summed E-state index contributed by atoms with van der Waals surface area (Å²) < 4.78 is 41.2. The first-order valence-electron chi connectivity index (χ1n) is 10.5. The summed E-state index contributed by atoms with van der Waals surface area (Å²) in [6.07, 6.45) is 2.08. The number of H-pyrrole nitrogens is 1. The summed E-state index contributed by atoms with van der Waals surface area (Å²) >= 11 is 0. The van der Waals surface area contributed by atoms with Crippen LogP contribution >= 0.6 is 0 Å². The summed E-state index contributed by atoms with van der Waals surface area (Å²) in [6.45, 7) is 2.52. The van der Waals surface area contributed by atoms with Crippen LogP contribution in [-0.4, -0.2) is 65.6 Å². The average Bonchev–Trinajstić information content (AvgIpc) is 2.75. The highest BCUT2D eigenvalue weighted by Crippen LogP contribution is 2.27. The predicted octanol–water partition coefficient (Wildman–Crippen LogP) is 1.45. The SMILES string of the molecule is CN(C)S(=O)(=O)N1CCc2nc(C3CCN(Cc4ccccc4F)CC3)[nH]c(=O)c2C1. The molecule has 1 aromatic heterocycles. The molecule has 0 spiro atoms. The molecule has 0 saturated carbocycles. The van der Waals surface area contributed by atoms with Crippen molar-refractivity contribution in [3.8, 4) is 0 Å². The Hall–Kier alpha value is -2.14. The van der Waals surface area contributed by atoms with Crippen LogP contribution < -0.4 is 5.56 Å². The molecule has 0 radical (unpaired) electrons. The molecule has 10 heteroatoms. The fourth-order valence-corrected chi connectivity index (χ4v) is 5.35. The Labute approximate surface area is 181 Å². The van der Waals surface area contributed by atoms with Crippen molar-refractivity contribution in [3.63, 3.8) is 0 Å². The average molecular weight is 450 g/mol. The summed E-state index contributed by atoms with van der Waals surface area (Å²) in [4.78, 5) is 22.6. The van der Waals surface area contributed by atoms with E-state index in [2.05, 4.69) is 9.88 Å². The quantitative estimate of drug-likeness (QED) is 0.746. The molecular weight excluding hydrogens is 421 g/mol. The second-order valence-electron chi connectivity index (χ2n) is 8.39. The molecule has 4 rings (SSSR count). The van der Waals surface area contributed by atoms with Crippen molar-refractivity contribution >= 4 is 10.2 Å². The van der Waals surface area contributed by atoms with Crippen LogP contribution in [0, 0.1) is 5.82 Å². The summed E-state index contributed by atoms with van der Waals surface area (Å²) in [5.41, 5.74) is 1.56. The van der Waals surface area contributed by atoms with Crippen molar-refractivity contribution in [1.82, 2.24) is 23.5 Å². The van der Waals surface area contributed by atoms with Crippen molar-refractivity contribution in [3.05, 3.63) is 63.1 Å². The van der Waals surface area contributed by atoms with E-state index in [0.717, 1.165) is 30.2 Å². The molecule has 2 aromatic rings. The second kappa shape index (κ2) is 8.78. The lowest BCUT2D eigenvalue weighted by molar-refractivity contribution is 0.199. The zero-order valence-corrected chi connectivity index (χ0v) is 18.7. The van der Waals surface area contributed by atoms with Crippen LogP contribution in [0.25, 0.3) is 0 Å². The van der Waals surface area contributed by atoms with E-state index >= 15 is 0 Å². The highest BCUT2D eigenvalue weighted by atomic mass is 32.2. The summed E-state index contributed by atoms with van der Waals surface area (Å²) in [6, 6.07) is 6.83. The predicted molar refractivity (Wildman–Crippen MR) is 115 cm³/mol. The zero-order chi connectivity index (χ0) is 22.2. The third-order valence-corrected chi connectivity index (χ3v) is 8.05. The molecule has 168 valence electrons. The van der Waals surface area contributed by atoms with Crippen LogP contribution in [0.15, 0.2) is 29.1 Å². The number of aromatic amines is 1. The van der Waals surface area contributed by atoms with E-state index in [1.54, 1.807) is 6.07 Å². The molecule has 0 aliphatic carbocycles. The van der Waals surface area contributed by atoms with Gasteiger partial charge in [-0.2, -0.15) is 17.0 Å². The Bertz CT molecular complexity index is 1110. The number of nitrogens with zero attached hydrogens (tertiary/aromatic N) is 4. The molecule has 1 fully saturated rings. The van der Waals surface area contributed by atoms with Gasteiger partial charge in [0, 0.05) is 51.6 Å². The maximum absolute atomic E-state index is 13.9. The van der Waals surface area contributed by atoms with Gasteiger partial charge in [-0.1, -0.05) is 18.2 Å². The lowest BCUT2D eigenvalue weighted by atomic mass is 9.95. The third-order valence-electron chi connectivity index (χ3n) is 6.17. The summed E-state index contributed by atoms with van der Waals surface area (Å²) in [5, 5.41) is 0. The van der Waals surface area contributed by atoms with Crippen LogP contribution in [0.5, 0.6) is 0 Å². The molecule has 3 heterocycles. The number of halogens is 1. The van der Waals surface area contributed by atoms with Gasteiger partial charge < -0.3 is 4.98 Å². The van der Waals surface area contributed by atoms with E-state index in [9.17, 15) is 17.6 Å². The fraction of sp³-hybridized carbons (Fsp3) is 0.524. The first kappa shape index (κ1) is 22.1. The molecular formula is C21H28FN5O3S. The van der Waals surface area contributed by atoms with E-state index < -0.39 is 10.2 Å². The van der Waals surface area contributed by atoms with Crippen LogP contribution in [0.3, 0.4) is 0 Å². The Morgan fingerprint density at radius 2 is 1.90 bits per heavy atom. The first-order valence-corrected chi connectivity index (χ1v) is 11.9. The van der Waals surface area contributed by atoms with Crippen molar-refractivity contribution in [2.24, 2.45) is 0 Å².